The highest BCUT2D eigenvalue weighted by molar-refractivity contribution is 5.62. The molecule has 0 aliphatic carbocycles. The number of hydrogen-bond acceptors (Lipinski definition) is 5. The second kappa shape index (κ2) is 6.18. The third kappa shape index (κ3) is 3.45. The van der Waals surface area contributed by atoms with Crippen molar-refractivity contribution >= 4 is 11.5 Å². The van der Waals surface area contributed by atoms with Crippen LogP contribution < -0.4 is 10.1 Å². The molecule has 0 amide bonds. The number of nitrogens with zero attached hydrogens (tertiary/aromatic N) is 3. The molecule has 0 fully saturated rings. The van der Waals surface area contributed by atoms with E-state index in [2.05, 4.69) is 15.3 Å². The molecule has 2 aromatic rings. The maximum absolute atomic E-state index is 13.9. The molecule has 0 bridgehead atoms. The Bertz CT molecular complexity index is 695. The average molecular weight is 286 g/mol. The van der Waals surface area contributed by atoms with E-state index in [4.69, 9.17) is 10.00 Å². The molecule has 0 atom stereocenters. The van der Waals surface area contributed by atoms with Gasteiger partial charge in [-0.3, -0.25) is 0 Å². The Morgan fingerprint density at radius 1 is 1.33 bits per heavy atom. The topological polar surface area (TPSA) is 70.8 Å². The monoisotopic (exact) mass is 286 g/mol. The number of nitriles is 1. The van der Waals surface area contributed by atoms with Crippen molar-refractivity contribution < 1.29 is 9.13 Å². The number of benzene rings is 1. The largest absolute Gasteiger partial charge is 0.475 e. The van der Waals surface area contributed by atoms with Crippen LogP contribution in [0.3, 0.4) is 0 Å². The van der Waals surface area contributed by atoms with E-state index in [9.17, 15) is 4.39 Å². The van der Waals surface area contributed by atoms with Gasteiger partial charge in [-0.1, -0.05) is 0 Å². The van der Waals surface area contributed by atoms with Gasteiger partial charge in [0.25, 0.3) is 0 Å². The van der Waals surface area contributed by atoms with E-state index in [-0.39, 0.29) is 17.4 Å². The minimum Gasteiger partial charge on any atom is -0.475 e. The Hall–Kier alpha value is -2.68. The SMILES string of the molecule is Cc1c(Nc2ccc(C#N)cc2F)ncnc1OC(C)C. The summed E-state index contributed by atoms with van der Waals surface area (Å²) in [6.45, 7) is 5.59. The number of rotatable bonds is 4. The molecule has 1 heterocycles. The van der Waals surface area contributed by atoms with Crippen molar-refractivity contribution in [3.8, 4) is 11.9 Å². The Morgan fingerprint density at radius 2 is 2.10 bits per heavy atom. The smallest absolute Gasteiger partial charge is 0.221 e. The van der Waals surface area contributed by atoms with Crippen molar-refractivity contribution in [1.29, 1.82) is 5.26 Å². The van der Waals surface area contributed by atoms with Crippen LogP contribution in [0.1, 0.15) is 25.0 Å². The van der Waals surface area contributed by atoms with Crippen molar-refractivity contribution in [2.24, 2.45) is 0 Å². The predicted molar refractivity (Wildman–Crippen MR) is 76.9 cm³/mol. The Kier molecular flexibility index (Phi) is 4.33. The van der Waals surface area contributed by atoms with Crippen LogP contribution in [0.5, 0.6) is 5.88 Å². The highest BCUT2D eigenvalue weighted by atomic mass is 19.1. The van der Waals surface area contributed by atoms with E-state index in [1.54, 1.807) is 6.92 Å². The van der Waals surface area contributed by atoms with Gasteiger partial charge in [0, 0.05) is 0 Å². The van der Waals surface area contributed by atoms with Crippen LogP contribution in [-0.2, 0) is 0 Å². The van der Waals surface area contributed by atoms with Gasteiger partial charge in [0.1, 0.15) is 18.0 Å². The van der Waals surface area contributed by atoms with Gasteiger partial charge in [-0.05, 0) is 39.0 Å². The van der Waals surface area contributed by atoms with Crippen LogP contribution in [-0.4, -0.2) is 16.1 Å². The summed E-state index contributed by atoms with van der Waals surface area (Å²) in [6, 6.07) is 6.09. The van der Waals surface area contributed by atoms with E-state index >= 15 is 0 Å². The molecule has 5 nitrogen and oxygen atoms in total. The predicted octanol–water partition coefficient (Wildman–Crippen LogP) is 3.33. The van der Waals surface area contributed by atoms with Crippen LogP contribution in [0, 0.1) is 24.1 Å². The minimum atomic E-state index is -0.515. The fraction of sp³-hybridized carbons (Fsp3) is 0.267. The first-order chi connectivity index (χ1) is 10.0. The zero-order valence-corrected chi connectivity index (χ0v) is 12.0. The van der Waals surface area contributed by atoms with Crippen LogP contribution in [0.4, 0.5) is 15.9 Å². The summed E-state index contributed by atoms with van der Waals surface area (Å²) in [5.41, 5.74) is 1.20. The highest BCUT2D eigenvalue weighted by Gasteiger charge is 2.11. The Morgan fingerprint density at radius 3 is 2.71 bits per heavy atom. The molecule has 0 saturated carbocycles. The molecule has 108 valence electrons. The first-order valence-electron chi connectivity index (χ1n) is 6.46. The van der Waals surface area contributed by atoms with Gasteiger partial charge in [-0.2, -0.15) is 5.26 Å². The summed E-state index contributed by atoms with van der Waals surface area (Å²) in [5, 5.41) is 11.6. The molecule has 0 saturated heterocycles. The average Bonchev–Trinajstić information content (AvgIpc) is 2.44. The summed E-state index contributed by atoms with van der Waals surface area (Å²) in [6.07, 6.45) is 1.34. The fourth-order valence-electron chi connectivity index (χ4n) is 1.72. The van der Waals surface area contributed by atoms with E-state index < -0.39 is 5.82 Å². The van der Waals surface area contributed by atoms with Gasteiger partial charge >= 0.3 is 0 Å². The van der Waals surface area contributed by atoms with Crippen molar-refractivity contribution in [2.75, 3.05) is 5.32 Å². The normalized spacial score (nSPS) is 10.3. The molecule has 2 rings (SSSR count). The second-order valence-electron chi connectivity index (χ2n) is 4.75. The van der Waals surface area contributed by atoms with E-state index in [0.717, 1.165) is 0 Å². The number of halogens is 1. The first-order valence-corrected chi connectivity index (χ1v) is 6.46. The maximum atomic E-state index is 13.9. The highest BCUT2D eigenvalue weighted by Crippen LogP contribution is 2.26. The van der Waals surface area contributed by atoms with Crippen LogP contribution >= 0.6 is 0 Å². The van der Waals surface area contributed by atoms with Gasteiger partial charge < -0.3 is 10.1 Å². The Balaban J connectivity index is 2.30. The summed E-state index contributed by atoms with van der Waals surface area (Å²) < 4.78 is 19.4. The summed E-state index contributed by atoms with van der Waals surface area (Å²) in [7, 11) is 0. The van der Waals surface area contributed by atoms with Gasteiger partial charge in [0.15, 0.2) is 0 Å². The summed E-state index contributed by atoms with van der Waals surface area (Å²) in [4.78, 5) is 8.15. The second-order valence-corrected chi connectivity index (χ2v) is 4.75. The van der Waals surface area contributed by atoms with Crippen molar-refractivity contribution in [1.82, 2.24) is 9.97 Å². The number of anilines is 2. The fourth-order valence-corrected chi connectivity index (χ4v) is 1.72. The molecule has 0 spiro atoms. The molecule has 0 unspecified atom stereocenters. The number of aromatic nitrogens is 2. The molecule has 6 heteroatoms. The Labute approximate surface area is 122 Å². The van der Waals surface area contributed by atoms with E-state index in [1.807, 2.05) is 19.9 Å². The quantitative estimate of drug-likeness (QED) is 0.933. The van der Waals surface area contributed by atoms with Crippen LogP contribution in [0.15, 0.2) is 24.5 Å². The van der Waals surface area contributed by atoms with Crippen LogP contribution in [0.2, 0.25) is 0 Å². The molecule has 0 radical (unpaired) electrons. The van der Waals surface area contributed by atoms with Crippen molar-refractivity contribution in [3.63, 3.8) is 0 Å². The van der Waals surface area contributed by atoms with E-state index in [0.29, 0.717) is 17.3 Å². The standard InChI is InChI=1S/C15H15FN4O/c1-9(2)21-15-10(3)14(18-8-19-15)20-13-5-4-11(7-17)6-12(13)16/h4-6,8-9H,1-3H3,(H,18,19,20). The van der Waals surface area contributed by atoms with Crippen molar-refractivity contribution in [2.45, 2.75) is 26.9 Å². The van der Waals surface area contributed by atoms with E-state index in [1.165, 1.54) is 24.5 Å². The van der Waals surface area contributed by atoms with Gasteiger partial charge in [0.05, 0.1) is 29.0 Å². The van der Waals surface area contributed by atoms with Gasteiger partial charge in [0.2, 0.25) is 5.88 Å². The lowest BCUT2D eigenvalue weighted by Crippen LogP contribution is -2.10. The lowest BCUT2D eigenvalue weighted by Gasteiger charge is -2.14. The zero-order chi connectivity index (χ0) is 15.4. The lowest BCUT2D eigenvalue weighted by molar-refractivity contribution is 0.230. The summed E-state index contributed by atoms with van der Waals surface area (Å²) >= 11 is 0. The summed E-state index contributed by atoms with van der Waals surface area (Å²) in [5.74, 6) is 0.402. The van der Waals surface area contributed by atoms with Crippen LogP contribution in [0.25, 0.3) is 0 Å². The third-order valence-electron chi connectivity index (χ3n) is 2.74. The first kappa shape index (κ1) is 14.7. The number of ether oxygens (including phenoxy) is 1. The molecule has 21 heavy (non-hydrogen) atoms. The van der Waals surface area contributed by atoms with Crippen molar-refractivity contribution in [3.05, 3.63) is 41.5 Å². The van der Waals surface area contributed by atoms with Gasteiger partial charge in [-0.25, -0.2) is 14.4 Å². The molecular formula is C15H15FN4O. The molecular weight excluding hydrogens is 271 g/mol. The molecule has 1 N–H and O–H groups in total. The molecule has 1 aromatic carbocycles. The third-order valence-corrected chi connectivity index (χ3v) is 2.74. The number of hydrogen-bond donors (Lipinski definition) is 1. The lowest BCUT2D eigenvalue weighted by atomic mass is 10.2. The minimum absolute atomic E-state index is 0.0156. The zero-order valence-electron chi connectivity index (χ0n) is 12.0. The molecule has 0 aliphatic rings. The van der Waals surface area contributed by atoms with Gasteiger partial charge in [-0.15, -0.1) is 0 Å². The maximum Gasteiger partial charge on any atom is 0.221 e. The molecule has 1 aromatic heterocycles. The number of nitrogens with one attached hydrogen (secondary N) is 1. The molecule has 0 aliphatic heterocycles.